The quantitative estimate of drug-likeness (QED) is 0.841. The molecule has 92 valence electrons. The summed E-state index contributed by atoms with van der Waals surface area (Å²) < 4.78 is 0. The largest absolute Gasteiger partial charge is 0.389 e. The minimum absolute atomic E-state index is 0.284. The van der Waals surface area contributed by atoms with Crippen LogP contribution in [0.3, 0.4) is 0 Å². The van der Waals surface area contributed by atoms with Gasteiger partial charge in [0.2, 0.25) is 0 Å². The Labute approximate surface area is 115 Å². The minimum Gasteiger partial charge on any atom is -0.389 e. The predicted octanol–water partition coefficient (Wildman–Crippen LogP) is 2.38. The van der Waals surface area contributed by atoms with E-state index in [1.165, 1.54) is 0 Å². The van der Waals surface area contributed by atoms with Crippen LogP contribution in [0.25, 0.3) is 0 Å². The van der Waals surface area contributed by atoms with Crippen LogP contribution in [0.1, 0.15) is 11.1 Å². The number of aromatic nitrogens is 2. The number of nitrogens with zero attached hydrogens (tertiary/aromatic N) is 2. The molecule has 2 aromatic rings. The van der Waals surface area contributed by atoms with Gasteiger partial charge in [-0.25, -0.2) is 0 Å². The summed E-state index contributed by atoms with van der Waals surface area (Å²) >= 11 is 11.0. The molecule has 6 heteroatoms. The lowest BCUT2D eigenvalue weighted by Crippen LogP contribution is -2.15. The number of thiocarbonyl (C=S) groups is 1. The van der Waals surface area contributed by atoms with Crippen molar-refractivity contribution in [3.05, 3.63) is 52.7 Å². The Balaban J connectivity index is 2.16. The Morgan fingerprint density at radius 2 is 2.11 bits per heavy atom. The van der Waals surface area contributed by atoms with Gasteiger partial charge in [0.25, 0.3) is 0 Å². The molecule has 0 saturated carbocycles. The highest BCUT2D eigenvalue weighted by Crippen LogP contribution is 2.17. The number of nitrogens with two attached hydrogens (primary N) is 1. The van der Waals surface area contributed by atoms with Crippen LogP contribution in [0.15, 0.2) is 36.5 Å². The summed E-state index contributed by atoms with van der Waals surface area (Å²) in [7, 11) is 0. The van der Waals surface area contributed by atoms with E-state index in [2.05, 4.69) is 15.5 Å². The van der Waals surface area contributed by atoms with Crippen molar-refractivity contribution in [2.75, 3.05) is 5.32 Å². The number of hydrogen-bond acceptors (Lipinski definition) is 4. The zero-order valence-electron chi connectivity index (χ0n) is 9.43. The second-order valence-electron chi connectivity index (χ2n) is 3.60. The summed E-state index contributed by atoms with van der Waals surface area (Å²) in [5.74, 6) is 0.560. The van der Waals surface area contributed by atoms with E-state index in [9.17, 15) is 0 Å². The average Bonchev–Trinajstić information content (AvgIpc) is 2.38. The van der Waals surface area contributed by atoms with Gasteiger partial charge >= 0.3 is 0 Å². The van der Waals surface area contributed by atoms with Crippen LogP contribution in [0.4, 0.5) is 5.82 Å². The van der Waals surface area contributed by atoms with Crippen LogP contribution >= 0.6 is 23.8 Å². The molecule has 0 fully saturated rings. The van der Waals surface area contributed by atoms with Gasteiger partial charge < -0.3 is 11.1 Å². The molecule has 0 aliphatic rings. The SMILES string of the molecule is NC(=S)c1ccnnc1NCc1ccccc1Cl. The molecule has 0 spiro atoms. The van der Waals surface area contributed by atoms with Gasteiger partial charge in [-0.3, -0.25) is 0 Å². The Hall–Kier alpha value is -1.72. The molecule has 3 N–H and O–H groups in total. The summed E-state index contributed by atoms with van der Waals surface area (Å²) in [6, 6.07) is 9.31. The fourth-order valence-corrected chi connectivity index (χ4v) is 1.85. The van der Waals surface area contributed by atoms with E-state index < -0.39 is 0 Å². The second-order valence-corrected chi connectivity index (χ2v) is 4.45. The smallest absolute Gasteiger partial charge is 0.159 e. The maximum atomic E-state index is 6.07. The van der Waals surface area contributed by atoms with E-state index in [4.69, 9.17) is 29.6 Å². The highest BCUT2D eigenvalue weighted by molar-refractivity contribution is 7.80. The first-order valence-corrected chi connectivity index (χ1v) is 6.06. The number of halogens is 1. The first-order chi connectivity index (χ1) is 8.68. The first-order valence-electron chi connectivity index (χ1n) is 5.27. The molecule has 1 aromatic heterocycles. The molecule has 4 nitrogen and oxygen atoms in total. The summed E-state index contributed by atoms with van der Waals surface area (Å²) in [6.07, 6.45) is 1.55. The molecule has 0 aliphatic carbocycles. The van der Waals surface area contributed by atoms with Crippen LogP contribution in [-0.4, -0.2) is 15.2 Å². The molecular weight excluding hydrogens is 268 g/mol. The number of benzene rings is 1. The molecule has 0 amide bonds. The normalized spacial score (nSPS) is 10.1. The molecule has 0 radical (unpaired) electrons. The van der Waals surface area contributed by atoms with Crippen LogP contribution in [0.5, 0.6) is 0 Å². The molecule has 0 saturated heterocycles. The maximum absolute atomic E-state index is 6.07. The van der Waals surface area contributed by atoms with Gasteiger partial charge in [0.15, 0.2) is 5.82 Å². The standard InChI is InChI=1S/C12H11ClN4S/c13-10-4-2-1-3-8(10)7-15-12-9(11(14)18)5-6-16-17-12/h1-6H,7H2,(H2,14,18)(H,15,17). The lowest BCUT2D eigenvalue weighted by atomic mass is 10.2. The lowest BCUT2D eigenvalue weighted by molar-refractivity contribution is 0.997. The van der Waals surface area contributed by atoms with E-state index in [0.29, 0.717) is 22.9 Å². The van der Waals surface area contributed by atoms with Crippen molar-refractivity contribution >= 4 is 34.6 Å². The summed E-state index contributed by atoms with van der Waals surface area (Å²) in [5.41, 5.74) is 7.26. The van der Waals surface area contributed by atoms with Crippen molar-refractivity contribution in [1.29, 1.82) is 0 Å². The van der Waals surface area contributed by atoms with Crippen LogP contribution in [0.2, 0.25) is 5.02 Å². The number of rotatable bonds is 4. The average molecular weight is 279 g/mol. The third kappa shape index (κ3) is 2.94. The van der Waals surface area contributed by atoms with Crippen molar-refractivity contribution < 1.29 is 0 Å². The van der Waals surface area contributed by atoms with Crippen molar-refractivity contribution in [2.45, 2.75) is 6.54 Å². The van der Waals surface area contributed by atoms with Crippen molar-refractivity contribution in [3.8, 4) is 0 Å². The third-order valence-corrected chi connectivity index (χ3v) is 2.98. The van der Waals surface area contributed by atoms with E-state index in [1.807, 2.05) is 24.3 Å². The molecule has 1 heterocycles. The molecule has 18 heavy (non-hydrogen) atoms. The summed E-state index contributed by atoms with van der Waals surface area (Å²) in [6.45, 7) is 0.536. The number of hydrogen-bond donors (Lipinski definition) is 2. The predicted molar refractivity (Wildman–Crippen MR) is 76.7 cm³/mol. The fourth-order valence-electron chi connectivity index (χ4n) is 1.48. The van der Waals surface area contributed by atoms with E-state index in [-0.39, 0.29) is 4.99 Å². The van der Waals surface area contributed by atoms with Gasteiger partial charge in [-0.2, -0.15) is 5.10 Å². The number of anilines is 1. The molecule has 0 bridgehead atoms. The molecule has 0 atom stereocenters. The second kappa shape index (κ2) is 5.75. The monoisotopic (exact) mass is 278 g/mol. The highest BCUT2D eigenvalue weighted by Gasteiger charge is 2.07. The summed E-state index contributed by atoms with van der Waals surface area (Å²) in [4.78, 5) is 0.284. The van der Waals surface area contributed by atoms with Crippen molar-refractivity contribution in [2.24, 2.45) is 5.73 Å². The summed E-state index contributed by atoms with van der Waals surface area (Å²) in [5, 5.41) is 11.6. The topological polar surface area (TPSA) is 63.8 Å². The Kier molecular flexibility index (Phi) is 4.07. The van der Waals surface area contributed by atoms with Crippen LogP contribution in [-0.2, 0) is 6.54 Å². The van der Waals surface area contributed by atoms with E-state index >= 15 is 0 Å². The molecule has 0 unspecified atom stereocenters. The zero-order chi connectivity index (χ0) is 13.0. The zero-order valence-corrected chi connectivity index (χ0v) is 11.0. The van der Waals surface area contributed by atoms with Gasteiger partial charge in [0.05, 0.1) is 11.8 Å². The van der Waals surface area contributed by atoms with Crippen molar-refractivity contribution in [3.63, 3.8) is 0 Å². The van der Waals surface area contributed by atoms with Gasteiger partial charge in [-0.1, -0.05) is 42.0 Å². The molecule has 1 aromatic carbocycles. The van der Waals surface area contributed by atoms with E-state index in [0.717, 1.165) is 5.56 Å². The fraction of sp³-hybridized carbons (Fsp3) is 0.0833. The van der Waals surface area contributed by atoms with Crippen molar-refractivity contribution in [1.82, 2.24) is 10.2 Å². The lowest BCUT2D eigenvalue weighted by Gasteiger charge is -2.09. The first kappa shape index (κ1) is 12.7. The Bertz CT molecular complexity index is 574. The molecule has 2 rings (SSSR count). The van der Waals surface area contributed by atoms with E-state index in [1.54, 1.807) is 12.3 Å². The Morgan fingerprint density at radius 3 is 2.83 bits per heavy atom. The molecular formula is C12H11ClN4S. The highest BCUT2D eigenvalue weighted by atomic mass is 35.5. The number of nitrogens with one attached hydrogen (secondary N) is 1. The molecule has 0 aliphatic heterocycles. The van der Waals surface area contributed by atoms with Gasteiger partial charge in [0, 0.05) is 11.6 Å². The van der Waals surface area contributed by atoms with Gasteiger partial charge in [0.1, 0.15) is 4.99 Å². The minimum atomic E-state index is 0.284. The third-order valence-electron chi connectivity index (χ3n) is 2.39. The van der Waals surface area contributed by atoms with Crippen LogP contribution in [0, 0.1) is 0 Å². The van der Waals surface area contributed by atoms with Gasteiger partial charge in [-0.15, -0.1) is 5.10 Å². The maximum Gasteiger partial charge on any atom is 0.159 e. The Morgan fingerprint density at radius 1 is 1.33 bits per heavy atom. The van der Waals surface area contributed by atoms with Crippen LogP contribution < -0.4 is 11.1 Å². The van der Waals surface area contributed by atoms with Gasteiger partial charge in [-0.05, 0) is 17.7 Å².